The van der Waals surface area contributed by atoms with Gasteiger partial charge in [-0.3, -0.25) is 0 Å². The first-order valence-corrected chi connectivity index (χ1v) is 22.0. The monoisotopic (exact) mass is 851 g/mol. The molecule has 0 aliphatic carbocycles. The summed E-state index contributed by atoms with van der Waals surface area (Å²) in [6.07, 6.45) is 0. The van der Waals surface area contributed by atoms with E-state index in [1.165, 1.54) is 22.3 Å². The zero-order valence-corrected chi connectivity index (χ0v) is 36.3. The van der Waals surface area contributed by atoms with Crippen LogP contribution in [0.2, 0.25) is 0 Å². The standard InChI is InChI=1S/C32H26O4.C28H28N/c33-27-13-5-23(6-14-27)31(24-7-15-28(34)16-8-24)21-1-2-22(4-3-21)32(25-9-17-29(35)18-10-25)26-11-19-30(36)20-12-26;1-5-13-25(14-6-1)21-29(22-26-15-7-2-8-16-26,23-27-17-9-3-10-18-27)24-28-19-11-4-12-20-28/h1-20,31-36H;1-20H,21-24H2/q;+1/p-1. The van der Waals surface area contributed by atoms with Gasteiger partial charge in [0.25, 0.3) is 0 Å². The number of rotatable bonds is 14. The number of aromatic hydroxyl groups is 3. The molecule has 0 saturated carbocycles. The minimum Gasteiger partial charge on any atom is -0.872 e. The number of nitrogens with zero attached hydrogens (tertiary/aromatic N) is 1. The highest BCUT2D eigenvalue weighted by Gasteiger charge is 2.30. The molecule has 322 valence electrons. The van der Waals surface area contributed by atoms with Crippen LogP contribution in [0.3, 0.4) is 0 Å². The van der Waals surface area contributed by atoms with E-state index < -0.39 is 0 Å². The summed E-state index contributed by atoms with van der Waals surface area (Å²) in [6.45, 7) is 4.00. The van der Waals surface area contributed by atoms with Gasteiger partial charge < -0.3 is 24.9 Å². The Bertz CT molecular complexity index is 2420. The smallest absolute Gasteiger partial charge is 0.115 e. The molecule has 0 fully saturated rings. The zero-order chi connectivity index (χ0) is 44.9. The van der Waals surface area contributed by atoms with Gasteiger partial charge in [0, 0.05) is 34.1 Å². The molecule has 0 radical (unpaired) electrons. The van der Waals surface area contributed by atoms with Crippen LogP contribution in [-0.2, 0) is 26.2 Å². The minimum absolute atomic E-state index is 0.0378. The first-order valence-electron chi connectivity index (χ1n) is 22.0. The Hall–Kier alpha value is -7.86. The third-order valence-electron chi connectivity index (χ3n) is 11.9. The normalized spacial score (nSPS) is 11.6. The van der Waals surface area contributed by atoms with Crippen molar-refractivity contribution in [2.45, 2.75) is 38.0 Å². The lowest BCUT2D eigenvalue weighted by Gasteiger charge is -2.39. The molecule has 65 heavy (non-hydrogen) atoms. The molecule has 0 saturated heterocycles. The molecule has 0 heterocycles. The van der Waals surface area contributed by atoms with Crippen molar-refractivity contribution in [3.63, 3.8) is 0 Å². The summed E-state index contributed by atoms with van der Waals surface area (Å²) in [6, 6.07) is 80.4. The quantitative estimate of drug-likeness (QED) is 0.0752. The fraction of sp³-hybridized carbons (Fsp3) is 0.100. The van der Waals surface area contributed by atoms with Gasteiger partial charge in [0.15, 0.2) is 0 Å². The molecule has 9 rings (SSSR count). The van der Waals surface area contributed by atoms with Gasteiger partial charge in [-0.05, 0) is 69.8 Å². The van der Waals surface area contributed by atoms with E-state index in [-0.39, 0.29) is 34.8 Å². The van der Waals surface area contributed by atoms with Crippen LogP contribution in [-0.4, -0.2) is 19.8 Å². The predicted molar refractivity (Wildman–Crippen MR) is 259 cm³/mol. The average molecular weight is 852 g/mol. The Morgan fingerprint density at radius 1 is 0.277 bits per heavy atom. The van der Waals surface area contributed by atoms with Crippen LogP contribution in [0, 0.1) is 0 Å². The molecule has 5 heteroatoms. The Balaban J connectivity index is 0.000000181. The fourth-order valence-electron chi connectivity index (χ4n) is 8.91. The van der Waals surface area contributed by atoms with E-state index in [9.17, 15) is 20.4 Å². The fourth-order valence-corrected chi connectivity index (χ4v) is 8.91. The maximum absolute atomic E-state index is 11.7. The van der Waals surface area contributed by atoms with Crippen molar-refractivity contribution in [3.8, 4) is 23.0 Å². The van der Waals surface area contributed by atoms with E-state index in [0.29, 0.717) is 0 Å². The average Bonchev–Trinajstić information content (AvgIpc) is 3.33. The van der Waals surface area contributed by atoms with Crippen molar-refractivity contribution in [2.75, 3.05) is 0 Å². The zero-order valence-electron chi connectivity index (χ0n) is 36.3. The number of phenolic OH excluding ortho intramolecular Hbond substituents is 3. The number of hydrogen-bond donors (Lipinski definition) is 3. The molecular formula is C60H53NO4. The third-order valence-corrected chi connectivity index (χ3v) is 11.9. The van der Waals surface area contributed by atoms with E-state index in [2.05, 4.69) is 146 Å². The molecule has 0 aliphatic heterocycles. The van der Waals surface area contributed by atoms with E-state index in [0.717, 1.165) is 64.0 Å². The lowest BCUT2D eigenvalue weighted by Crippen LogP contribution is -2.45. The lowest BCUT2D eigenvalue weighted by atomic mass is 9.81. The van der Waals surface area contributed by atoms with Crippen LogP contribution < -0.4 is 5.11 Å². The molecule has 0 bridgehead atoms. The number of hydrogen-bond acceptors (Lipinski definition) is 4. The highest BCUT2D eigenvalue weighted by Crippen LogP contribution is 2.38. The second kappa shape index (κ2) is 21.0. The first kappa shape index (κ1) is 43.8. The molecule has 1 unspecified atom stereocenters. The minimum atomic E-state index is -0.110. The second-order valence-corrected chi connectivity index (χ2v) is 16.8. The highest BCUT2D eigenvalue weighted by molar-refractivity contribution is 5.50. The van der Waals surface area contributed by atoms with Crippen LogP contribution in [0.5, 0.6) is 23.0 Å². The number of benzene rings is 9. The van der Waals surface area contributed by atoms with Gasteiger partial charge in [-0.25, -0.2) is 0 Å². The predicted octanol–water partition coefficient (Wildman–Crippen LogP) is 12.8. The van der Waals surface area contributed by atoms with Crippen LogP contribution >= 0.6 is 0 Å². The second-order valence-electron chi connectivity index (χ2n) is 16.8. The molecule has 1 atom stereocenters. The lowest BCUT2D eigenvalue weighted by molar-refractivity contribution is -0.978. The van der Waals surface area contributed by atoms with E-state index in [1.54, 1.807) is 48.5 Å². The third kappa shape index (κ3) is 11.8. The Kier molecular flexibility index (Phi) is 14.1. The molecule has 5 nitrogen and oxygen atoms in total. The topological polar surface area (TPSA) is 83.8 Å². The summed E-state index contributed by atoms with van der Waals surface area (Å²) < 4.78 is 0.960. The van der Waals surface area contributed by atoms with E-state index >= 15 is 0 Å². The summed E-state index contributed by atoms with van der Waals surface area (Å²) in [4.78, 5) is 0. The highest BCUT2D eigenvalue weighted by atomic mass is 16.3. The molecule has 0 amide bonds. The number of phenols is 3. The SMILES string of the molecule is [O-]c1ccc(C(c2ccc(O)cc2)c2ccc(C(c3ccc(O)cc3)c3ccc(O)cc3)cc2)cc1.c1ccc(C[N+](Cc2ccccc2)(Cc2ccccc2)Cc2ccccc2)cc1. The van der Waals surface area contributed by atoms with Gasteiger partial charge in [0.1, 0.15) is 43.4 Å². The molecule has 9 aromatic rings. The van der Waals surface area contributed by atoms with Crippen molar-refractivity contribution in [1.82, 2.24) is 0 Å². The van der Waals surface area contributed by atoms with E-state index in [1.807, 2.05) is 48.5 Å². The Morgan fingerprint density at radius 2 is 0.477 bits per heavy atom. The van der Waals surface area contributed by atoms with Gasteiger partial charge in [0.05, 0.1) is 0 Å². The van der Waals surface area contributed by atoms with Gasteiger partial charge in [0.2, 0.25) is 0 Å². The summed E-state index contributed by atoms with van der Waals surface area (Å²) in [5, 5.41) is 41.1. The first-order chi connectivity index (χ1) is 31.8. The van der Waals surface area contributed by atoms with Gasteiger partial charge in [-0.2, -0.15) is 0 Å². The van der Waals surface area contributed by atoms with Crippen LogP contribution in [0.4, 0.5) is 0 Å². The summed E-state index contributed by atoms with van der Waals surface area (Å²) in [7, 11) is 0. The summed E-state index contributed by atoms with van der Waals surface area (Å²) >= 11 is 0. The van der Waals surface area contributed by atoms with Gasteiger partial charge >= 0.3 is 0 Å². The van der Waals surface area contributed by atoms with Crippen molar-refractivity contribution in [3.05, 3.63) is 298 Å². The van der Waals surface area contributed by atoms with Crippen molar-refractivity contribution in [1.29, 1.82) is 0 Å². The molecule has 0 aliphatic rings. The Labute approximate surface area is 382 Å². The number of quaternary nitrogens is 1. The van der Waals surface area contributed by atoms with Crippen LogP contribution in [0.1, 0.15) is 67.5 Å². The molecule has 3 N–H and O–H groups in total. The van der Waals surface area contributed by atoms with E-state index in [4.69, 9.17) is 0 Å². The molecule has 9 aromatic carbocycles. The maximum Gasteiger partial charge on any atom is 0.115 e. The van der Waals surface area contributed by atoms with Crippen LogP contribution in [0.25, 0.3) is 0 Å². The molecular weight excluding hydrogens is 799 g/mol. The molecule has 0 spiro atoms. The molecule has 0 aromatic heterocycles. The summed E-state index contributed by atoms with van der Waals surface area (Å²) in [5.41, 5.74) is 11.7. The summed E-state index contributed by atoms with van der Waals surface area (Å²) in [5.74, 6) is 0.379. The largest absolute Gasteiger partial charge is 0.872 e. The van der Waals surface area contributed by atoms with Crippen molar-refractivity contribution >= 4 is 0 Å². The van der Waals surface area contributed by atoms with Gasteiger partial charge in [-0.15, -0.1) is 5.75 Å². The van der Waals surface area contributed by atoms with Crippen molar-refractivity contribution < 1.29 is 24.9 Å². The Morgan fingerprint density at radius 3 is 0.708 bits per heavy atom. The van der Waals surface area contributed by atoms with Crippen LogP contribution in [0.15, 0.2) is 243 Å². The van der Waals surface area contributed by atoms with Crippen molar-refractivity contribution in [2.24, 2.45) is 0 Å². The maximum atomic E-state index is 11.7. The van der Waals surface area contributed by atoms with Gasteiger partial charge in [-0.1, -0.05) is 206 Å².